The van der Waals surface area contributed by atoms with Crippen molar-refractivity contribution in [1.29, 1.82) is 5.26 Å². The molecular weight excluding hydrogens is 234 g/mol. The van der Waals surface area contributed by atoms with Crippen molar-refractivity contribution in [3.05, 3.63) is 34.9 Å². The number of hydrogen-bond acceptors (Lipinski definition) is 2. The minimum absolute atomic E-state index is 0.0735. The zero-order valence-electron chi connectivity index (χ0n) is 10.3. The molecule has 0 saturated carbocycles. The molecule has 1 unspecified atom stereocenters. The second kappa shape index (κ2) is 5.33. The van der Waals surface area contributed by atoms with E-state index in [1.807, 2.05) is 20.8 Å². The molecule has 0 N–H and O–H groups in total. The van der Waals surface area contributed by atoms with Crippen LogP contribution in [0.25, 0.3) is 0 Å². The van der Waals surface area contributed by atoms with Crippen molar-refractivity contribution in [1.82, 2.24) is 0 Å². The van der Waals surface area contributed by atoms with Crippen LogP contribution in [0.2, 0.25) is 5.02 Å². The minimum Gasteiger partial charge on any atom is -0.297 e. The Morgan fingerprint density at radius 3 is 2.53 bits per heavy atom. The number of Topliss-reactive ketones (excluding diaryl/α,β-unsaturated/α-hetero) is 1. The first-order chi connectivity index (χ1) is 7.94. The van der Waals surface area contributed by atoms with Gasteiger partial charge < -0.3 is 0 Å². The maximum absolute atomic E-state index is 12.3. The molecule has 0 aliphatic carbocycles. The summed E-state index contributed by atoms with van der Waals surface area (Å²) in [6.45, 7) is 5.66. The van der Waals surface area contributed by atoms with Crippen molar-refractivity contribution in [3.63, 3.8) is 0 Å². The summed E-state index contributed by atoms with van der Waals surface area (Å²) >= 11 is 6.03. The number of rotatable bonds is 4. The van der Waals surface area contributed by atoms with Crippen LogP contribution in [0.1, 0.15) is 38.7 Å². The van der Waals surface area contributed by atoms with Gasteiger partial charge in [0, 0.05) is 10.4 Å². The normalized spacial score (nSPS) is 12.9. The molecule has 90 valence electrons. The largest absolute Gasteiger partial charge is 0.297 e. The number of nitrogens with zero attached hydrogens (tertiary/aromatic N) is 1. The van der Waals surface area contributed by atoms with Crippen LogP contribution in [0.4, 0.5) is 0 Å². The summed E-state index contributed by atoms with van der Waals surface area (Å²) < 4.78 is 0. The molecule has 1 atom stereocenters. The van der Waals surface area contributed by atoms with Crippen molar-refractivity contribution in [2.75, 3.05) is 0 Å². The Morgan fingerprint density at radius 2 is 2.06 bits per heavy atom. The van der Waals surface area contributed by atoms with Crippen LogP contribution < -0.4 is 0 Å². The summed E-state index contributed by atoms with van der Waals surface area (Å²) in [5.41, 5.74) is 0.0997. The van der Waals surface area contributed by atoms with Crippen molar-refractivity contribution >= 4 is 17.4 Å². The van der Waals surface area contributed by atoms with Gasteiger partial charge in [0.2, 0.25) is 0 Å². The maximum Gasteiger partial charge on any atom is 0.160 e. The van der Waals surface area contributed by atoms with Gasteiger partial charge in [0.1, 0.15) is 5.92 Å². The molecule has 2 nitrogen and oxygen atoms in total. The van der Waals surface area contributed by atoms with E-state index in [2.05, 4.69) is 6.07 Å². The Bertz CT molecular complexity index is 460. The minimum atomic E-state index is -0.779. The predicted molar refractivity (Wildman–Crippen MR) is 68.9 cm³/mol. The maximum atomic E-state index is 12.3. The van der Waals surface area contributed by atoms with Crippen LogP contribution in [0, 0.1) is 16.7 Å². The van der Waals surface area contributed by atoms with Crippen molar-refractivity contribution in [2.45, 2.75) is 33.1 Å². The van der Waals surface area contributed by atoms with Gasteiger partial charge in [-0.2, -0.15) is 5.26 Å². The summed E-state index contributed by atoms with van der Waals surface area (Å²) in [7, 11) is 0. The molecule has 0 fully saturated rings. The topological polar surface area (TPSA) is 40.9 Å². The molecule has 0 heterocycles. The van der Waals surface area contributed by atoms with E-state index in [4.69, 9.17) is 11.6 Å². The standard InChI is InChI=1S/C14H16ClNO/c1-4-14(2,3)13(17)11(9-16)10-7-5-6-8-12(10)15/h5-8,11H,4H2,1-3H3. The van der Waals surface area contributed by atoms with Crippen molar-refractivity contribution < 1.29 is 4.79 Å². The number of nitriles is 1. The Balaban J connectivity index is 3.15. The van der Waals surface area contributed by atoms with E-state index in [1.165, 1.54) is 0 Å². The number of halogens is 1. The summed E-state index contributed by atoms with van der Waals surface area (Å²) in [4.78, 5) is 12.3. The van der Waals surface area contributed by atoms with Gasteiger partial charge in [-0.25, -0.2) is 0 Å². The van der Waals surface area contributed by atoms with Crippen LogP contribution in [0.15, 0.2) is 24.3 Å². The van der Waals surface area contributed by atoms with Gasteiger partial charge in [0.05, 0.1) is 6.07 Å². The fourth-order valence-electron chi connectivity index (χ4n) is 1.54. The number of benzene rings is 1. The molecule has 0 radical (unpaired) electrons. The molecule has 0 spiro atoms. The lowest BCUT2D eigenvalue weighted by Gasteiger charge is -2.24. The second-order valence-corrected chi connectivity index (χ2v) is 5.09. The van der Waals surface area contributed by atoms with Gasteiger partial charge in [-0.05, 0) is 18.1 Å². The third-order valence-corrected chi connectivity index (χ3v) is 3.50. The molecule has 0 aromatic heterocycles. The first-order valence-corrected chi connectivity index (χ1v) is 6.00. The highest BCUT2D eigenvalue weighted by Crippen LogP contribution is 2.33. The van der Waals surface area contributed by atoms with Crippen LogP contribution in [-0.2, 0) is 4.79 Å². The second-order valence-electron chi connectivity index (χ2n) is 4.69. The molecule has 1 aromatic rings. The number of carbonyl (C=O) groups is 1. The summed E-state index contributed by atoms with van der Waals surface area (Å²) in [5, 5.41) is 9.68. The van der Waals surface area contributed by atoms with E-state index in [0.717, 1.165) is 0 Å². The lowest BCUT2D eigenvalue weighted by atomic mass is 9.77. The molecule has 1 aromatic carbocycles. The Hall–Kier alpha value is -1.33. The van der Waals surface area contributed by atoms with E-state index in [1.54, 1.807) is 24.3 Å². The van der Waals surface area contributed by atoms with Crippen molar-refractivity contribution in [2.24, 2.45) is 5.41 Å². The van der Waals surface area contributed by atoms with Crippen LogP contribution in [0.5, 0.6) is 0 Å². The third-order valence-electron chi connectivity index (χ3n) is 3.16. The summed E-state index contributed by atoms with van der Waals surface area (Å²) in [5.74, 6) is -0.853. The van der Waals surface area contributed by atoms with E-state index in [9.17, 15) is 10.1 Å². The highest BCUT2D eigenvalue weighted by atomic mass is 35.5. The van der Waals surface area contributed by atoms with E-state index >= 15 is 0 Å². The lowest BCUT2D eigenvalue weighted by Crippen LogP contribution is -2.28. The lowest BCUT2D eigenvalue weighted by molar-refractivity contribution is -0.127. The average Bonchev–Trinajstić information content (AvgIpc) is 2.32. The predicted octanol–water partition coefficient (Wildman–Crippen LogP) is 3.95. The quantitative estimate of drug-likeness (QED) is 0.811. The monoisotopic (exact) mass is 249 g/mol. The molecule has 0 aliphatic rings. The van der Waals surface area contributed by atoms with E-state index in [-0.39, 0.29) is 5.78 Å². The van der Waals surface area contributed by atoms with Gasteiger partial charge in [0.15, 0.2) is 5.78 Å². The van der Waals surface area contributed by atoms with Gasteiger partial charge in [-0.3, -0.25) is 4.79 Å². The van der Waals surface area contributed by atoms with Crippen LogP contribution >= 0.6 is 11.6 Å². The summed E-state index contributed by atoms with van der Waals surface area (Å²) in [6.07, 6.45) is 0.703. The van der Waals surface area contributed by atoms with Gasteiger partial charge in [-0.15, -0.1) is 0 Å². The Morgan fingerprint density at radius 1 is 1.47 bits per heavy atom. The van der Waals surface area contributed by atoms with Gasteiger partial charge in [0.25, 0.3) is 0 Å². The first-order valence-electron chi connectivity index (χ1n) is 5.62. The molecule has 0 aliphatic heterocycles. The Labute approximate surface area is 107 Å². The summed E-state index contributed by atoms with van der Waals surface area (Å²) in [6, 6.07) is 9.08. The zero-order valence-corrected chi connectivity index (χ0v) is 11.1. The molecule has 0 bridgehead atoms. The molecule has 3 heteroatoms. The SMILES string of the molecule is CCC(C)(C)C(=O)C(C#N)c1ccccc1Cl. The third kappa shape index (κ3) is 2.87. The van der Waals surface area contributed by atoms with E-state index in [0.29, 0.717) is 17.0 Å². The number of hydrogen-bond donors (Lipinski definition) is 0. The molecule has 1 rings (SSSR count). The average molecular weight is 250 g/mol. The highest BCUT2D eigenvalue weighted by Gasteiger charge is 2.33. The highest BCUT2D eigenvalue weighted by molar-refractivity contribution is 6.31. The van der Waals surface area contributed by atoms with E-state index < -0.39 is 11.3 Å². The fraction of sp³-hybridized carbons (Fsp3) is 0.429. The first kappa shape index (κ1) is 13.7. The molecule has 0 amide bonds. The zero-order chi connectivity index (χ0) is 13.1. The molecular formula is C14H16ClNO. The van der Waals surface area contributed by atoms with Gasteiger partial charge >= 0.3 is 0 Å². The van der Waals surface area contributed by atoms with Crippen LogP contribution in [0.3, 0.4) is 0 Å². The fourth-order valence-corrected chi connectivity index (χ4v) is 1.79. The van der Waals surface area contributed by atoms with Gasteiger partial charge in [-0.1, -0.05) is 50.6 Å². The number of ketones is 1. The molecule has 0 saturated heterocycles. The smallest absolute Gasteiger partial charge is 0.160 e. The number of carbonyl (C=O) groups excluding carboxylic acids is 1. The Kier molecular flexibility index (Phi) is 4.31. The van der Waals surface area contributed by atoms with Crippen molar-refractivity contribution in [3.8, 4) is 6.07 Å². The van der Waals surface area contributed by atoms with Crippen LogP contribution in [-0.4, -0.2) is 5.78 Å². The molecule has 17 heavy (non-hydrogen) atoms.